The highest BCUT2D eigenvalue weighted by atomic mass is 32.3. The van der Waals surface area contributed by atoms with E-state index in [9.17, 15) is 18.0 Å². The lowest BCUT2D eigenvalue weighted by Gasteiger charge is -2.11. The Labute approximate surface area is 89.5 Å². The first-order valence-corrected chi connectivity index (χ1v) is 5.31. The van der Waals surface area contributed by atoms with Gasteiger partial charge in [0.2, 0.25) is 11.9 Å². The van der Waals surface area contributed by atoms with Gasteiger partial charge in [-0.3, -0.25) is 9.35 Å². The zero-order valence-corrected chi connectivity index (χ0v) is 8.46. The van der Waals surface area contributed by atoms with Crippen molar-refractivity contribution < 1.29 is 41.7 Å². The van der Waals surface area contributed by atoms with Gasteiger partial charge in [0.1, 0.15) is 6.10 Å². The molecule has 0 aromatic heterocycles. The fraction of sp³-hybridized carbons (Fsp3) is 0.667. The van der Waals surface area contributed by atoms with Gasteiger partial charge in [0.05, 0.1) is 6.61 Å². The Hall–Kier alpha value is -1.07. The molecule has 0 radical (unpaired) electrons. The second-order valence-corrected chi connectivity index (χ2v) is 3.96. The first-order valence-electron chi connectivity index (χ1n) is 3.95. The first kappa shape index (κ1) is 13.0. The van der Waals surface area contributed by atoms with Crippen LogP contribution in [0.4, 0.5) is 0 Å². The molecular formula is C6H8O9S. The molecule has 0 saturated carbocycles. The summed E-state index contributed by atoms with van der Waals surface area (Å²) in [6.07, 6.45) is -5.53. The number of carbonyl (C=O) groups is 2. The molecule has 1 rings (SSSR count). The van der Waals surface area contributed by atoms with Crippen LogP contribution in [0.5, 0.6) is 0 Å². The van der Waals surface area contributed by atoms with Crippen LogP contribution in [0.3, 0.4) is 0 Å². The van der Waals surface area contributed by atoms with Crippen molar-refractivity contribution >= 4 is 22.2 Å². The van der Waals surface area contributed by atoms with E-state index in [-0.39, 0.29) is 0 Å². The molecule has 1 heterocycles. The van der Waals surface area contributed by atoms with Gasteiger partial charge in [0.15, 0.2) is 6.10 Å². The SMILES string of the molecule is O=C1O[C@H]([C@@H](O)CO)C(=O)C1OS(=O)(=O)O. The molecule has 16 heavy (non-hydrogen) atoms. The van der Waals surface area contributed by atoms with Crippen LogP contribution in [-0.2, 0) is 28.9 Å². The topological polar surface area (TPSA) is 147 Å². The highest BCUT2D eigenvalue weighted by Crippen LogP contribution is 2.18. The van der Waals surface area contributed by atoms with Crippen LogP contribution in [0.15, 0.2) is 0 Å². The molecule has 0 bridgehead atoms. The molecular weight excluding hydrogens is 248 g/mol. The lowest BCUT2D eigenvalue weighted by atomic mass is 10.1. The van der Waals surface area contributed by atoms with Gasteiger partial charge in [-0.2, -0.15) is 8.42 Å². The average Bonchev–Trinajstić information content (AvgIpc) is 2.42. The highest BCUT2D eigenvalue weighted by Gasteiger charge is 2.49. The second kappa shape index (κ2) is 4.43. The van der Waals surface area contributed by atoms with Crippen molar-refractivity contribution in [2.75, 3.05) is 6.61 Å². The van der Waals surface area contributed by atoms with Crippen molar-refractivity contribution in [2.45, 2.75) is 18.3 Å². The molecule has 10 heteroatoms. The number of hydrogen-bond donors (Lipinski definition) is 3. The third-order valence-electron chi connectivity index (χ3n) is 1.75. The summed E-state index contributed by atoms with van der Waals surface area (Å²) in [5.41, 5.74) is 0. The number of aliphatic hydroxyl groups excluding tert-OH is 2. The van der Waals surface area contributed by atoms with Crippen LogP contribution < -0.4 is 0 Å². The molecule has 3 atom stereocenters. The second-order valence-electron chi connectivity index (χ2n) is 2.91. The van der Waals surface area contributed by atoms with Crippen LogP contribution in [0.25, 0.3) is 0 Å². The molecule has 92 valence electrons. The van der Waals surface area contributed by atoms with Crippen LogP contribution in [0.1, 0.15) is 0 Å². The van der Waals surface area contributed by atoms with Crippen molar-refractivity contribution in [3.05, 3.63) is 0 Å². The van der Waals surface area contributed by atoms with Gasteiger partial charge in [-0.15, -0.1) is 0 Å². The van der Waals surface area contributed by atoms with Crippen LogP contribution >= 0.6 is 0 Å². The lowest BCUT2D eigenvalue weighted by molar-refractivity contribution is -0.151. The largest absolute Gasteiger partial charge is 0.449 e. The predicted molar refractivity (Wildman–Crippen MR) is 44.4 cm³/mol. The van der Waals surface area contributed by atoms with Gasteiger partial charge < -0.3 is 14.9 Å². The minimum atomic E-state index is -5.00. The lowest BCUT2D eigenvalue weighted by Crippen LogP contribution is -2.38. The molecule has 9 nitrogen and oxygen atoms in total. The van der Waals surface area contributed by atoms with Crippen LogP contribution in [0, 0.1) is 0 Å². The molecule has 1 saturated heterocycles. The Bertz CT molecular complexity index is 398. The summed E-state index contributed by atoms with van der Waals surface area (Å²) in [7, 11) is -5.00. The number of Topliss-reactive ketones (excluding diaryl/α,β-unsaturated/α-hetero) is 1. The van der Waals surface area contributed by atoms with E-state index >= 15 is 0 Å². The van der Waals surface area contributed by atoms with Crippen LogP contribution in [-0.4, -0.2) is 59.9 Å². The van der Waals surface area contributed by atoms with Crippen molar-refractivity contribution in [3.63, 3.8) is 0 Å². The quantitative estimate of drug-likeness (QED) is 0.272. The van der Waals surface area contributed by atoms with Crippen molar-refractivity contribution in [3.8, 4) is 0 Å². The van der Waals surface area contributed by atoms with Crippen molar-refractivity contribution in [2.24, 2.45) is 0 Å². The Morgan fingerprint density at radius 2 is 2.00 bits per heavy atom. The van der Waals surface area contributed by atoms with E-state index in [1.807, 2.05) is 0 Å². The Balaban J connectivity index is 2.83. The van der Waals surface area contributed by atoms with E-state index < -0.39 is 47.1 Å². The molecule has 0 aliphatic carbocycles. The smallest absolute Gasteiger partial charge is 0.398 e. The maximum atomic E-state index is 11.3. The monoisotopic (exact) mass is 256 g/mol. The number of esters is 1. The van der Waals surface area contributed by atoms with E-state index in [4.69, 9.17) is 14.8 Å². The number of hydrogen-bond acceptors (Lipinski definition) is 8. The third-order valence-corrected chi connectivity index (χ3v) is 2.19. The normalized spacial score (nSPS) is 27.9. The van der Waals surface area contributed by atoms with E-state index in [0.29, 0.717) is 0 Å². The number of ketones is 1. The standard InChI is InChI=1S/C6H8O9S/c7-1-2(8)4-3(9)5(6(10)14-4)15-16(11,12)13/h2,4-5,7-8H,1H2,(H,11,12,13)/t2-,4+,5?/m0/s1. The minimum Gasteiger partial charge on any atom is -0.449 e. The number of aliphatic hydroxyl groups is 2. The predicted octanol–water partition coefficient (Wildman–Crippen LogP) is -2.98. The fourth-order valence-electron chi connectivity index (χ4n) is 1.08. The number of ether oxygens (including phenoxy) is 1. The Morgan fingerprint density at radius 1 is 1.44 bits per heavy atom. The van der Waals surface area contributed by atoms with Gasteiger partial charge in [0, 0.05) is 0 Å². The summed E-state index contributed by atoms with van der Waals surface area (Å²) in [4.78, 5) is 22.2. The average molecular weight is 256 g/mol. The summed E-state index contributed by atoms with van der Waals surface area (Å²) < 4.78 is 36.9. The molecule has 1 unspecified atom stereocenters. The van der Waals surface area contributed by atoms with Gasteiger partial charge in [0.25, 0.3) is 0 Å². The molecule has 0 aromatic rings. The van der Waals surface area contributed by atoms with Crippen molar-refractivity contribution in [1.29, 1.82) is 0 Å². The summed E-state index contributed by atoms with van der Waals surface area (Å²) in [6.45, 7) is -0.859. The van der Waals surface area contributed by atoms with Crippen molar-refractivity contribution in [1.82, 2.24) is 0 Å². The number of cyclic esters (lactones) is 1. The molecule has 1 aliphatic heterocycles. The van der Waals surface area contributed by atoms with E-state index in [0.717, 1.165) is 0 Å². The maximum absolute atomic E-state index is 11.3. The summed E-state index contributed by atoms with van der Waals surface area (Å²) in [5.74, 6) is -2.55. The third kappa shape index (κ3) is 2.74. The van der Waals surface area contributed by atoms with Gasteiger partial charge in [-0.05, 0) is 0 Å². The molecule has 0 spiro atoms. The van der Waals surface area contributed by atoms with Gasteiger partial charge in [-0.25, -0.2) is 8.98 Å². The summed E-state index contributed by atoms with van der Waals surface area (Å²) in [6, 6.07) is 0. The Kier molecular flexibility index (Phi) is 3.60. The van der Waals surface area contributed by atoms with E-state index in [2.05, 4.69) is 8.92 Å². The van der Waals surface area contributed by atoms with E-state index in [1.54, 1.807) is 0 Å². The molecule has 3 N–H and O–H groups in total. The van der Waals surface area contributed by atoms with E-state index in [1.165, 1.54) is 0 Å². The minimum absolute atomic E-state index is 0.859. The number of carbonyl (C=O) groups excluding carboxylic acids is 2. The molecule has 0 amide bonds. The van der Waals surface area contributed by atoms with Gasteiger partial charge >= 0.3 is 16.4 Å². The maximum Gasteiger partial charge on any atom is 0.398 e. The zero-order valence-electron chi connectivity index (χ0n) is 7.64. The Morgan fingerprint density at radius 3 is 2.44 bits per heavy atom. The number of rotatable bonds is 4. The molecule has 1 aliphatic rings. The first-order chi connectivity index (χ1) is 7.26. The summed E-state index contributed by atoms with van der Waals surface area (Å²) >= 11 is 0. The molecule has 1 fully saturated rings. The van der Waals surface area contributed by atoms with Gasteiger partial charge in [-0.1, -0.05) is 0 Å². The molecule has 0 aromatic carbocycles. The zero-order chi connectivity index (χ0) is 12.5. The summed E-state index contributed by atoms with van der Waals surface area (Å²) in [5, 5.41) is 17.6. The fourth-order valence-corrected chi connectivity index (χ4v) is 1.50. The highest BCUT2D eigenvalue weighted by molar-refractivity contribution is 7.81. The van der Waals surface area contributed by atoms with Crippen LogP contribution in [0.2, 0.25) is 0 Å².